The van der Waals surface area contributed by atoms with Gasteiger partial charge in [0, 0.05) is 44.0 Å². The molecule has 1 saturated heterocycles. The highest BCUT2D eigenvalue weighted by molar-refractivity contribution is 6.27. The quantitative estimate of drug-likeness (QED) is 0.443. The van der Waals surface area contributed by atoms with Crippen molar-refractivity contribution in [3.05, 3.63) is 107 Å². The lowest BCUT2D eigenvalue weighted by molar-refractivity contribution is -0.159. The summed E-state index contributed by atoms with van der Waals surface area (Å²) in [5, 5.41) is 14.8. The van der Waals surface area contributed by atoms with Crippen LogP contribution in [0.1, 0.15) is 28.7 Å². The molecule has 2 aliphatic rings. The van der Waals surface area contributed by atoms with Crippen LogP contribution < -0.4 is 9.80 Å². The molecule has 1 amide bonds. The molecule has 5 rings (SSSR count). The van der Waals surface area contributed by atoms with Crippen molar-refractivity contribution in [2.75, 3.05) is 36.0 Å². The van der Waals surface area contributed by atoms with E-state index in [0.717, 1.165) is 44.7 Å². The minimum atomic E-state index is -1.82. The molecule has 40 heavy (non-hydrogen) atoms. The lowest BCUT2D eigenvalue weighted by Gasteiger charge is -2.35. The maximum absolute atomic E-state index is 12.6. The number of hydrogen-bond donors (Lipinski definition) is 2. The van der Waals surface area contributed by atoms with Crippen LogP contribution in [0.4, 0.5) is 11.4 Å². The molecule has 8 nitrogen and oxygen atoms in total. The number of carboxylic acid groups (broad SMARTS) is 2. The minimum absolute atomic E-state index is 0.216. The van der Waals surface area contributed by atoms with Crippen LogP contribution in [0.3, 0.4) is 0 Å². The van der Waals surface area contributed by atoms with Crippen molar-refractivity contribution in [1.82, 2.24) is 4.90 Å². The lowest BCUT2D eigenvalue weighted by Crippen LogP contribution is -2.44. The number of aliphatic carboxylic acids is 2. The smallest absolute Gasteiger partial charge is 0.414 e. The van der Waals surface area contributed by atoms with Crippen molar-refractivity contribution >= 4 is 29.2 Å². The fourth-order valence-electron chi connectivity index (χ4n) is 4.97. The summed E-state index contributed by atoms with van der Waals surface area (Å²) in [6.07, 6.45) is 6.87. The number of fused-ring (bicyclic) bond motifs is 1. The van der Waals surface area contributed by atoms with Crippen molar-refractivity contribution in [3.63, 3.8) is 0 Å². The molecule has 2 aliphatic heterocycles. The SMILES string of the molecule is Cc1cccc(N2CCN(C=CCc3ccc4c(c3)CCC(=O)N4Cc3ccccc3)CC2)c1.O=C(O)C(=O)O. The number of amides is 1. The molecule has 0 aromatic heterocycles. The van der Waals surface area contributed by atoms with E-state index in [-0.39, 0.29) is 5.91 Å². The molecule has 0 aliphatic carbocycles. The summed E-state index contributed by atoms with van der Waals surface area (Å²) in [6, 6.07) is 25.6. The van der Waals surface area contributed by atoms with Gasteiger partial charge in [0.1, 0.15) is 0 Å². The summed E-state index contributed by atoms with van der Waals surface area (Å²) >= 11 is 0. The van der Waals surface area contributed by atoms with E-state index in [1.54, 1.807) is 0 Å². The zero-order chi connectivity index (χ0) is 28.5. The second-order valence-corrected chi connectivity index (χ2v) is 9.99. The minimum Gasteiger partial charge on any atom is -0.473 e. The maximum atomic E-state index is 12.6. The summed E-state index contributed by atoms with van der Waals surface area (Å²) in [6.45, 7) is 6.99. The molecule has 0 radical (unpaired) electrons. The third-order valence-electron chi connectivity index (χ3n) is 7.06. The Labute approximate surface area is 234 Å². The van der Waals surface area contributed by atoms with Crippen LogP contribution in [-0.2, 0) is 33.8 Å². The van der Waals surface area contributed by atoms with Crippen molar-refractivity contribution in [3.8, 4) is 0 Å². The normalized spacial score (nSPS) is 14.9. The lowest BCUT2D eigenvalue weighted by atomic mass is 9.97. The van der Waals surface area contributed by atoms with E-state index in [4.69, 9.17) is 19.8 Å². The summed E-state index contributed by atoms with van der Waals surface area (Å²) < 4.78 is 0. The van der Waals surface area contributed by atoms with Gasteiger partial charge in [-0.2, -0.15) is 0 Å². The molecular formula is C32H35N3O5. The van der Waals surface area contributed by atoms with Gasteiger partial charge in [0.2, 0.25) is 5.91 Å². The largest absolute Gasteiger partial charge is 0.473 e. The van der Waals surface area contributed by atoms with Crippen LogP contribution in [0.5, 0.6) is 0 Å². The first kappa shape index (κ1) is 28.4. The zero-order valence-electron chi connectivity index (χ0n) is 22.7. The Morgan fingerprint density at radius 1 is 0.825 bits per heavy atom. The summed E-state index contributed by atoms with van der Waals surface area (Å²) in [4.78, 5) is 37.7. The molecule has 3 aromatic carbocycles. The molecule has 2 N–H and O–H groups in total. The first-order valence-electron chi connectivity index (χ1n) is 13.4. The Morgan fingerprint density at radius 3 is 2.23 bits per heavy atom. The number of benzene rings is 3. The van der Waals surface area contributed by atoms with Gasteiger partial charge in [0.05, 0.1) is 6.54 Å². The molecular weight excluding hydrogens is 506 g/mol. The van der Waals surface area contributed by atoms with Crippen molar-refractivity contribution in [1.29, 1.82) is 0 Å². The van der Waals surface area contributed by atoms with Gasteiger partial charge in [-0.05, 0) is 66.4 Å². The van der Waals surface area contributed by atoms with Gasteiger partial charge < -0.3 is 24.9 Å². The van der Waals surface area contributed by atoms with Crippen molar-refractivity contribution in [2.24, 2.45) is 0 Å². The van der Waals surface area contributed by atoms with Crippen molar-refractivity contribution in [2.45, 2.75) is 32.7 Å². The molecule has 0 saturated carbocycles. The Hall–Kier alpha value is -4.59. The van der Waals surface area contributed by atoms with E-state index in [2.05, 4.69) is 83.6 Å². The number of carbonyl (C=O) groups excluding carboxylic acids is 1. The van der Waals surface area contributed by atoms with Gasteiger partial charge >= 0.3 is 11.9 Å². The number of rotatable bonds is 6. The predicted molar refractivity (Wildman–Crippen MR) is 155 cm³/mol. The van der Waals surface area contributed by atoms with Crippen LogP contribution in [0.15, 0.2) is 85.1 Å². The molecule has 3 aromatic rings. The highest BCUT2D eigenvalue weighted by atomic mass is 16.4. The average Bonchev–Trinajstić information content (AvgIpc) is 2.96. The summed E-state index contributed by atoms with van der Waals surface area (Å²) in [5.74, 6) is -3.43. The highest BCUT2D eigenvalue weighted by Crippen LogP contribution is 2.30. The van der Waals surface area contributed by atoms with Gasteiger partial charge in [0.25, 0.3) is 0 Å². The number of hydrogen-bond acceptors (Lipinski definition) is 5. The molecule has 208 valence electrons. The van der Waals surface area contributed by atoms with Gasteiger partial charge in [-0.1, -0.05) is 60.7 Å². The summed E-state index contributed by atoms with van der Waals surface area (Å²) in [5.41, 5.74) is 7.48. The van der Waals surface area contributed by atoms with E-state index < -0.39 is 11.9 Å². The zero-order valence-corrected chi connectivity index (χ0v) is 22.7. The maximum Gasteiger partial charge on any atom is 0.414 e. The fraction of sp³-hybridized carbons (Fsp3) is 0.281. The van der Waals surface area contributed by atoms with Crippen LogP contribution >= 0.6 is 0 Å². The number of nitrogens with zero attached hydrogens (tertiary/aromatic N) is 3. The van der Waals surface area contributed by atoms with E-state index >= 15 is 0 Å². The van der Waals surface area contributed by atoms with Crippen molar-refractivity contribution < 1.29 is 24.6 Å². The molecule has 0 unspecified atom stereocenters. The number of allylic oxidation sites excluding steroid dienone is 1. The van der Waals surface area contributed by atoms with E-state index in [0.29, 0.717) is 13.0 Å². The Bertz CT molecular complexity index is 1350. The van der Waals surface area contributed by atoms with Gasteiger partial charge in [-0.15, -0.1) is 0 Å². The average molecular weight is 542 g/mol. The van der Waals surface area contributed by atoms with Gasteiger partial charge in [-0.3, -0.25) is 4.79 Å². The first-order chi connectivity index (χ1) is 19.3. The molecule has 2 heterocycles. The molecule has 0 atom stereocenters. The third-order valence-corrected chi connectivity index (χ3v) is 7.06. The number of carboxylic acids is 2. The van der Waals surface area contributed by atoms with Crippen LogP contribution in [0.2, 0.25) is 0 Å². The Kier molecular flexibility index (Phi) is 9.57. The van der Waals surface area contributed by atoms with Crippen LogP contribution in [0.25, 0.3) is 0 Å². The predicted octanol–water partition coefficient (Wildman–Crippen LogP) is 4.51. The Balaban J connectivity index is 0.000000557. The third kappa shape index (κ3) is 7.72. The number of aryl methyl sites for hydroxylation is 2. The number of anilines is 2. The Morgan fingerprint density at radius 2 is 1.55 bits per heavy atom. The summed E-state index contributed by atoms with van der Waals surface area (Å²) in [7, 11) is 0. The first-order valence-corrected chi connectivity index (χ1v) is 13.4. The monoisotopic (exact) mass is 541 g/mol. The standard InChI is InChI=1S/C30H33N3O.C2H2O4/c1-24-7-5-11-28(21-24)32-19-17-31(18-20-32)16-6-10-25-12-14-29-27(22-25)13-15-30(34)33(29)23-26-8-3-2-4-9-26;3-1(4)2(5)6/h2-9,11-12,14,16,21-22H,10,13,15,17-20,23H2,1H3;(H,3,4)(H,5,6). The van der Waals surface area contributed by atoms with Gasteiger partial charge in [-0.25, -0.2) is 9.59 Å². The van der Waals surface area contributed by atoms with E-state index in [1.165, 1.54) is 27.9 Å². The van der Waals surface area contributed by atoms with Crippen LogP contribution in [0, 0.1) is 6.92 Å². The van der Waals surface area contributed by atoms with Crippen LogP contribution in [-0.4, -0.2) is 59.1 Å². The highest BCUT2D eigenvalue weighted by Gasteiger charge is 2.24. The molecule has 1 fully saturated rings. The van der Waals surface area contributed by atoms with E-state index in [1.807, 2.05) is 23.1 Å². The second-order valence-electron chi connectivity index (χ2n) is 9.99. The molecule has 8 heteroatoms. The molecule has 0 spiro atoms. The van der Waals surface area contributed by atoms with E-state index in [9.17, 15) is 4.79 Å². The molecule has 0 bridgehead atoms. The number of carbonyl (C=O) groups is 3. The fourth-order valence-corrected chi connectivity index (χ4v) is 4.97. The number of piperazine rings is 1. The van der Waals surface area contributed by atoms with Gasteiger partial charge in [0.15, 0.2) is 0 Å². The second kappa shape index (κ2) is 13.5. The topological polar surface area (TPSA) is 101 Å².